The minimum atomic E-state index is -3.10. The van der Waals surface area contributed by atoms with E-state index in [1.54, 1.807) is 0 Å². The number of rotatable bonds is 8. The zero-order valence-electron chi connectivity index (χ0n) is 29.1. The molecule has 1 atom stereocenters. The highest BCUT2D eigenvalue weighted by Crippen LogP contribution is 2.50. The second-order valence-electron chi connectivity index (χ2n) is 18.1. The summed E-state index contributed by atoms with van der Waals surface area (Å²) >= 11 is 0. The zero-order chi connectivity index (χ0) is 32.0. The van der Waals surface area contributed by atoms with Gasteiger partial charge in [-0.2, -0.15) is 4.20 Å². The van der Waals surface area contributed by atoms with E-state index in [0.29, 0.717) is 0 Å². The predicted molar refractivity (Wildman–Crippen MR) is 178 cm³/mol. The first-order valence-electron chi connectivity index (χ1n) is 15.3. The highest BCUT2D eigenvalue weighted by atomic mass is 31.2. The van der Waals surface area contributed by atoms with Crippen molar-refractivity contribution in [3.05, 3.63) is 69.8 Å². The van der Waals surface area contributed by atoms with Gasteiger partial charge >= 0.3 is 8.69 Å². The largest absolute Gasteiger partial charge is 0.373 e. The Morgan fingerprint density at radius 2 is 0.927 bits per heavy atom. The van der Waals surface area contributed by atoms with Gasteiger partial charge in [0.25, 0.3) is 0 Å². The normalized spacial score (nSPS) is 15.0. The van der Waals surface area contributed by atoms with E-state index in [0.717, 1.165) is 35.1 Å². The van der Waals surface area contributed by atoms with Crippen molar-refractivity contribution in [1.82, 2.24) is 0 Å². The molecule has 0 aliphatic carbocycles. The fourth-order valence-electron chi connectivity index (χ4n) is 6.89. The maximum atomic E-state index is 14.7. The molecule has 0 aromatic heterocycles. The molecule has 1 N–H and O–H groups in total. The van der Waals surface area contributed by atoms with Crippen LogP contribution in [-0.4, -0.2) is 4.89 Å². The Kier molecular flexibility index (Phi) is 10.5. The molecular formula is C37H60FO2P. The molecule has 0 saturated carbocycles. The molecular weight excluding hydrogens is 526 g/mol. The summed E-state index contributed by atoms with van der Waals surface area (Å²) in [5.74, 6) is 0. The monoisotopic (exact) mass is 586 g/mol. The quantitative estimate of drug-likeness (QED) is 0.312. The van der Waals surface area contributed by atoms with E-state index in [1.165, 1.54) is 11.1 Å². The fraction of sp³-hybridized carbons (Fsp3) is 0.676. The zero-order valence-corrected chi connectivity index (χ0v) is 30.0. The Morgan fingerprint density at radius 1 is 0.610 bits per heavy atom. The minimum absolute atomic E-state index is 0.0423. The molecule has 0 heterocycles. The van der Waals surface area contributed by atoms with Gasteiger partial charge in [-0.15, -0.1) is 0 Å². The van der Waals surface area contributed by atoms with Gasteiger partial charge in [0, 0.05) is 0 Å². The average Bonchev–Trinajstić information content (AvgIpc) is 2.72. The summed E-state index contributed by atoms with van der Waals surface area (Å²) in [6, 6.07) is 13.2. The second kappa shape index (κ2) is 12.0. The molecule has 0 amide bonds. The van der Waals surface area contributed by atoms with Crippen molar-refractivity contribution >= 4 is 8.69 Å². The van der Waals surface area contributed by atoms with E-state index >= 15 is 0 Å². The summed E-state index contributed by atoms with van der Waals surface area (Å²) < 4.78 is 20.6. The summed E-state index contributed by atoms with van der Waals surface area (Å²) in [5, 5.41) is 0. The topological polar surface area (TPSA) is 29.5 Å². The smallest absolute Gasteiger partial charge is 0.325 e. The lowest BCUT2D eigenvalue weighted by atomic mass is 9.67. The maximum absolute atomic E-state index is 14.7. The molecule has 41 heavy (non-hydrogen) atoms. The highest BCUT2D eigenvalue weighted by Gasteiger charge is 2.37. The van der Waals surface area contributed by atoms with Crippen molar-refractivity contribution in [2.75, 3.05) is 0 Å². The summed E-state index contributed by atoms with van der Waals surface area (Å²) in [5.41, 5.74) is 6.32. The SMILES string of the molecule is CC(C)(C)CC(C)(C)c1cc(C(C)(C)C)ccc1C(OP(O)F)c1ccc(C(C)(C)C)cc1C(C)(C)CC(C)(C)C. The van der Waals surface area contributed by atoms with E-state index in [2.05, 4.69) is 147 Å². The van der Waals surface area contributed by atoms with Crippen LogP contribution >= 0.6 is 8.69 Å². The van der Waals surface area contributed by atoms with Gasteiger partial charge in [-0.05, 0) is 78.7 Å². The third kappa shape index (κ3) is 9.87. The Labute approximate surface area is 253 Å². The van der Waals surface area contributed by atoms with Crippen molar-refractivity contribution in [2.24, 2.45) is 10.8 Å². The standard InChI is InChI=1S/C37H60FO2P/c1-32(2,3)23-36(13,14)29-21-25(34(7,8)9)17-19-27(29)31(40-41(38)39)28-20-18-26(35(10,11)12)22-30(28)37(15,16)24-33(4,5)6/h17-22,31,39H,23-24H2,1-16H3. The molecule has 4 heteroatoms. The van der Waals surface area contributed by atoms with Crippen LogP contribution in [-0.2, 0) is 26.2 Å². The minimum Gasteiger partial charge on any atom is -0.325 e. The van der Waals surface area contributed by atoms with Crippen LogP contribution in [0.3, 0.4) is 0 Å². The van der Waals surface area contributed by atoms with Gasteiger partial charge in [0.1, 0.15) is 6.10 Å². The van der Waals surface area contributed by atoms with Crippen LogP contribution in [0.25, 0.3) is 0 Å². The number of hydrogen-bond donors (Lipinski definition) is 1. The highest BCUT2D eigenvalue weighted by molar-refractivity contribution is 7.40. The molecule has 232 valence electrons. The van der Waals surface area contributed by atoms with E-state index in [1.807, 2.05) is 0 Å². The van der Waals surface area contributed by atoms with Crippen LogP contribution < -0.4 is 0 Å². The molecule has 2 aromatic rings. The van der Waals surface area contributed by atoms with Gasteiger partial charge in [0.2, 0.25) is 0 Å². The molecule has 0 radical (unpaired) electrons. The second-order valence-corrected chi connectivity index (χ2v) is 18.7. The van der Waals surface area contributed by atoms with Crippen molar-refractivity contribution < 1.29 is 13.6 Å². The Hall–Kier alpha value is -1.28. The average molecular weight is 587 g/mol. The summed E-state index contributed by atoms with van der Waals surface area (Å²) in [7, 11) is -3.10. The van der Waals surface area contributed by atoms with Gasteiger partial charge < -0.3 is 4.89 Å². The molecule has 0 fully saturated rings. The van der Waals surface area contributed by atoms with Crippen LogP contribution in [0.15, 0.2) is 36.4 Å². The van der Waals surface area contributed by atoms with Crippen molar-refractivity contribution in [3.63, 3.8) is 0 Å². The van der Waals surface area contributed by atoms with Gasteiger partial charge in [-0.1, -0.05) is 147 Å². The third-order valence-corrected chi connectivity index (χ3v) is 8.38. The lowest BCUT2D eigenvalue weighted by Gasteiger charge is -2.39. The van der Waals surface area contributed by atoms with Gasteiger partial charge in [0.05, 0.1) is 0 Å². The fourth-order valence-corrected chi connectivity index (χ4v) is 7.29. The molecule has 2 rings (SSSR count). The van der Waals surface area contributed by atoms with Crippen LogP contribution in [0.4, 0.5) is 4.20 Å². The summed E-state index contributed by atoms with van der Waals surface area (Å²) in [4.78, 5) is 10.1. The first-order chi connectivity index (χ1) is 18.1. The Balaban J connectivity index is 3.01. The van der Waals surface area contributed by atoms with E-state index < -0.39 is 14.8 Å². The lowest BCUT2D eigenvalue weighted by Crippen LogP contribution is -2.30. The van der Waals surface area contributed by atoms with Crippen LogP contribution in [0.5, 0.6) is 0 Å². The molecule has 0 bridgehead atoms. The van der Waals surface area contributed by atoms with Gasteiger partial charge in [-0.25, -0.2) is 0 Å². The van der Waals surface area contributed by atoms with Crippen LogP contribution in [0.1, 0.15) is 163 Å². The molecule has 0 aliphatic heterocycles. The van der Waals surface area contributed by atoms with E-state index in [-0.39, 0.29) is 32.5 Å². The maximum Gasteiger partial charge on any atom is 0.373 e. The van der Waals surface area contributed by atoms with Crippen molar-refractivity contribution in [3.8, 4) is 0 Å². The molecule has 2 nitrogen and oxygen atoms in total. The first-order valence-corrected chi connectivity index (χ1v) is 16.4. The molecule has 0 spiro atoms. The van der Waals surface area contributed by atoms with E-state index in [4.69, 9.17) is 4.52 Å². The van der Waals surface area contributed by atoms with E-state index in [9.17, 15) is 9.09 Å². The van der Waals surface area contributed by atoms with Crippen LogP contribution in [0.2, 0.25) is 0 Å². The summed E-state index contributed by atoms with van der Waals surface area (Å²) in [6.07, 6.45) is 1.16. The Morgan fingerprint density at radius 3 is 1.17 bits per heavy atom. The molecule has 2 aromatic carbocycles. The van der Waals surface area contributed by atoms with Gasteiger partial charge in [0.15, 0.2) is 0 Å². The number of halogens is 1. The molecule has 0 aliphatic rings. The van der Waals surface area contributed by atoms with Gasteiger partial charge in [-0.3, -0.25) is 4.52 Å². The molecule has 0 saturated heterocycles. The van der Waals surface area contributed by atoms with Crippen LogP contribution in [0, 0.1) is 10.8 Å². The third-order valence-electron chi connectivity index (χ3n) is 8.00. The number of hydrogen-bond acceptors (Lipinski definition) is 2. The molecule has 1 unspecified atom stereocenters. The first kappa shape index (κ1) is 35.9. The number of benzene rings is 2. The predicted octanol–water partition coefficient (Wildman–Crippen LogP) is 12.0. The summed E-state index contributed by atoms with van der Waals surface area (Å²) in [6.45, 7) is 36.1. The van der Waals surface area contributed by atoms with Crippen molar-refractivity contribution in [1.29, 1.82) is 0 Å². The van der Waals surface area contributed by atoms with Crippen molar-refractivity contribution in [2.45, 2.75) is 151 Å². The Bertz CT molecular complexity index is 1090. The lowest BCUT2D eigenvalue weighted by molar-refractivity contribution is 0.212.